The molecule has 0 saturated heterocycles. The Morgan fingerprint density at radius 3 is 2.80 bits per heavy atom. The van der Waals surface area contributed by atoms with Gasteiger partial charge >= 0.3 is 0 Å². The second-order valence-electron chi connectivity index (χ2n) is 5.90. The van der Waals surface area contributed by atoms with E-state index in [1.807, 2.05) is 13.1 Å². The fraction of sp³-hybridized carbons (Fsp3) is 0.562. The van der Waals surface area contributed by atoms with Crippen molar-refractivity contribution < 1.29 is 4.79 Å². The first-order valence-corrected chi connectivity index (χ1v) is 7.57. The van der Waals surface area contributed by atoms with Crippen molar-refractivity contribution in [2.75, 3.05) is 23.4 Å². The van der Waals surface area contributed by atoms with Crippen molar-refractivity contribution in [2.24, 2.45) is 5.73 Å². The maximum Gasteiger partial charge on any atom is 0.248 e. The fourth-order valence-corrected chi connectivity index (χ4v) is 2.96. The number of benzene rings is 1. The van der Waals surface area contributed by atoms with Crippen LogP contribution in [0.25, 0.3) is 0 Å². The van der Waals surface area contributed by atoms with Crippen LogP contribution < -0.4 is 15.5 Å². The van der Waals surface area contributed by atoms with E-state index < -0.39 is 6.04 Å². The number of unbranched alkanes of at least 4 members (excludes halogenated alkanes) is 1. The summed E-state index contributed by atoms with van der Waals surface area (Å²) in [6.45, 7) is 3.32. The first-order valence-electron chi connectivity index (χ1n) is 7.57. The summed E-state index contributed by atoms with van der Waals surface area (Å²) in [7, 11) is 1.81. The van der Waals surface area contributed by atoms with Crippen LogP contribution in [0.15, 0.2) is 18.2 Å². The molecule has 1 saturated carbocycles. The molecule has 108 valence electrons. The lowest BCUT2D eigenvalue weighted by Gasteiger charge is -2.25. The Hall–Kier alpha value is -1.55. The molecule has 1 atom stereocenters. The van der Waals surface area contributed by atoms with Gasteiger partial charge in [-0.1, -0.05) is 19.4 Å². The van der Waals surface area contributed by atoms with Crippen molar-refractivity contribution in [3.63, 3.8) is 0 Å². The van der Waals surface area contributed by atoms with Crippen LogP contribution in [0.4, 0.5) is 11.4 Å². The number of likely N-dealkylation sites (N-methyl/N-ethyl adjacent to an activating group) is 1. The smallest absolute Gasteiger partial charge is 0.248 e. The highest BCUT2D eigenvalue weighted by molar-refractivity contribution is 6.04. The van der Waals surface area contributed by atoms with Gasteiger partial charge in [0.2, 0.25) is 5.91 Å². The number of carbonyl (C=O) groups is 1. The molecule has 1 aromatic carbocycles. The zero-order chi connectivity index (χ0) is 14.3. The Labute approximate surface area is 120 Å². The van der Waals surface area contributed by atoms with Crippen LogP contribution >= 0.6 is 0 Å². The van der Waals surface area contributed by atoms with E-state index >= 15 is 0 Å². The van der Waals surface area contributed by atoms with Crippen LogP contribution in [0, 0.1) is 0 Å². The van der Waals surface area contributed by atoms with Gasteiger partial charge in [0, 0.05) is 30.9 Å². The van der Waals surface area contributed by atoms with E-state index in [9.17, 15) is 4.79 Å². The van der Waals surface area contributed by atoms with Crippen molar-refractivity contribution in [3.8, 4) is 0 Å². The second-order valence-corrected chi connectivity index (χ2v) is 5.90. The molecule has 0 radical (unpaired) electrons. The van der Waals surface area contributed by atoms with E-state index in [0.717, 1.165) is 17.8 Å². The normalized spacial score (nSPS) is 21.2. The summed E-state index contributed by atoms with van der Waals surface area (Å²) in [5, 5.41) is 0. The van der Waals surface area contributed by atoms with Crippen LogP contribution in [0.1, 0.15) is 44.2 Å². The van der Waals surface area contributed by atoms with Gasteiger partial charge in [-0.15, -0.1) is 0 Å². The number of nitrogens with two attached hydrogens (primary N) is 1. The molecular weight excluding hydrogens is 250 g/mol. The van der Waals surface area contributed by atoms with E-state index in [1.165, 1.54) is 31.4 Å². The molecule has 0 aromatic heterocycles. The number of anilines is 2. The molecule has 2 N–H and O–H groups in total. The minimum absolute atomic E-state index is 0.0105. The Morgan fingerprint density at radius 1 is 1.40 bits per heavy atom. The van der Waals surface area contributed by atoms with Crippen LogP contribution in [-0.4, -0.2) is 25.5 Å². The molecule has 1 aliphatic heterocycles. The molecule has 1 fully saturated rings. The van der Waals surface area contributed by atoms with Gasteiger partial charge in [-0.25, -0.2) is 0 Å². The van der Waals surface area contributed by atoms with E-state index in [0.29, 0.717) is 6.04 Å². The Balaban J connectivity index is 1.90. The summed E-state index contributed by atoms with van der Waals surface area (Å²) >= 11 is 0. The molecule has 1 unspecified atom stereocenters. The van der Waals surface area contributed by atoms with Crippen molar-refractivity contribution in [3.05, 3.63) is 23.8 Å². The summed E-state index contributed by atoms with van der Waals surface area (Å²) in [6, 6.07) is 6.48. The van der Waals surface area contributed by atoms with Gasteiger partial charge in [-0.3, -0.25) is 4.79 Å². The first kappa shape index (κ1) is 13.4. The van der Waals surface area contributed by atoms with Crippen LogP contribution in [0.3, 0.4) is 0 Å². The van der Waals surface area contributed by atoms with Crippen molar-refractivity contribution in [1.82, 2.24) is 0 Å². The van der Waals surface area contributed by atoms with Gasteiger partial charge in [0.25, 0.3) is 0 Å². The molecule has 4 heteroatoms. The molecule has 3 rings (SSSR count). The number of fused-ring (bicyclic) bond motifs is 1. The third kappa shape index (κ3) is 2.18. The van der Waals surface area contributed by atoms with Gasteiger partial charge in [0.05, 0.1) is 5.69 Å². The number of nitrogens with zero attached hydrogens (tertiary/aromatic N) is 2. The van der Waals surface area contributed by atoms with Crippen LogP contribution in [0.5, 0.6) is 0 Å². The van der Waals surface area contributed by atoms with Crippen molar-refractivity contribution >= 4 is 17.3 Å². The Morgan fingerprint density at radius 2 is 2.15 bits per heavy atom. The van der Waals surface area contributed by atoms with Crippen molar-refractivity contribution in [1.29, 1.82) is 0 Å². The fourth-order valence-electron chi connectivity index (χ4n) is 2.96. The topological polar surface area (TPSA) is 49.6 Å². The summed E-state index contributed by atoms with van der Waals surface area (Å²) < 4.78 is 0. The van der Waals surface area contributed by atoms with Crippen molar-refractivity contribution in [2.45, 2.75) is 44.7 Å². The predicted octanol–water partition coefficient (Wildman–Crippen LogP) is 2.43. The molecule has 4 nitrogen and oxygen atoms in total. The summed E-state index contributed by atoms with van der Waals surface area (Å²) in [5.74, 6) is -0.0105. The van der Waals surface area contributed by atoms with Gasteiger partial charge in [-0.2, -0.15) is 0 Å². The first-order chi connectivity index (χ1) is 9.63. The third-order valence-corrected chi connectivity index (χ3v) is 4.38. The summed E-state index contributed by atoms with van der Waals surface area (Å²) in [6.07, 6.45) is 4.99. The maximum absolute atomic E-state index is 11.9. The van der Waals surface area contributed by atoms with E-state index in [4.69, 9.17) is 5.73 Å². The van der Waals surface area contributed by atoms with Gasteiger partial charge in [0.15, 0.2) is 0 Å². The number of amides is 1. The minimum atomic E-state index is -0.492. The lowest BCUT2D eigenvalue weighted by molar-refractivity contribution is -0.118. The molecular formula is C16H23N3O. The minimum Gasteiger partial charge on any atom is -0.368 e. The average Bonchev–Trinajstić information content (AvgIpc) is 3.27. The lowest BCUT2D eigenvalue weighted by Crippen LogP contribution is -2.28. The summed E-state index contributed by atoms with van der Waals surface area (Å²) in [5.41, 5.74) is 9.11. The zero-order valence-corrected chi connectivity index (χ0v) is 12.3. The van der Waals surface area contributed by atoms with Gasteiger partial charge < -0.3 is 15.5 Å². The number of hydrogen-bond acceptors (Lipinski definition) is 3. The van der Waals surface area contributed by atoms with Gasteiger partial charge in [0.1, 0.15) is 6.04 Å². The average molecular weight is 273 g/mol. The van der Waals surface area contributed by atoms with E-state index in [1.54, 1.807) is 4.90 Å². The molecule has 2 aliphatic rings. The summed E-state index contributed by atoms with van der Waals surface area (Å²) in [4.78, 5) is 16.1. The quantitative estimate of drug-likeness (QED) is 0.896. The molecule has 20 heavy (non-hydrogen) atoms. The van der Waals surface area contributed by atoms with Crippen LogP contribution in [-0.2, 0) is 4.79 Å². The molecule has 0 spiro atoms. The van der Waals surface area contributed by atoms with Crippen LogP contribution in [0.2, 0.25) is 0 Å². The zero-order valence-electron chi connectivity index (χ0n) is 12.3. The van der Waals surface area contributed by atoms with E-state index in [-0.39, 0.29) is 5.91 Å². The molecule has 1 aliphatic carbocycles. The lowest BCUT2D eigenvalue weighted by atomic mass is 10.1. The standard InChI is InChI=1S/C16H23N3O/c1-3-4-9-19(11-5-6-11)12-7-8-13-14(10-12)18(2)16(20)15(13)17/h7-8,10-11,15H,3-6,9,17H2,1-2H3. The van der Waals surface area contributed by atoms with Gasteiger partial charge in [-0.05, 0) is 31.4 Å². The highest BCUT2D eigenvalue weighted by atomic mass is 16.2. The number of rotatable bonds is 5. The van der Waals surface area contributed by atoms with E-state index in [2.05, 4.69) is 24.0 Å². The largest absolute Gasteiger partial charge is 0.368 e. The highest BCUT2D eigenvalue weighted by Crippen LogP contribution is 2.39. The highest BCUT2D eigenvalue weighted by Gasteiger charge is 2.34. The maximum atomic E-state index is 11.9. The molecule has 1 amide bonds. The molecule has 1 heterocycles. The number of hydrogen-bond donors (Lipinski definition) is 1. The Kier molecular flexibility index (Phi) is 3.42. The third-order valence-electron chi connectivity index (χ3n) is 4.38. The molecule has 1 aromatic rings. The SMILES string of the molecule is CCCCN(c1ccc2c(c1)N(C)C(=O)C2N)C1CC1. The Bertz CT molecular complexity index is 524. The number of carbonyl (C=O) groups excluding carboxylic acids is 1. The molecule has 0 bridgehead atoms. The second kappa shape index (κ2) is 5.09. The predicted molar refractivity (Wildman–Crippen MR) is 82.1 cm³/mol. The monoisotopic (exact) mass is 273 g/mol.